The summed E-state index contributed by atoms with van der Waals surface area (Å²) in [5.41, 5.74) is -0.373. The van der Waals surface area contributed by atoms with Gasteiger partial charge in [-0.25, -0.2) is 14.8 Å². The van der Waals surface area contributed by atoms with Crippen molar-refractivity contribution in [2.75, 3.05) is 31.1 Å². The fraction of sp³-hybridized carbons (Fsp3) is 0.625. The fourth-order valence-electron chi connectivity index (χ4n) is 2.66. The molecule has 1 aliphatic heterocycles. The molecular weight excluding hydrogens is 308 g/mol. The Bertz CT molecular complexity index is 564. The first-order valence-electron chi connectivity index (χ1n) is 8.26. The van der Waals surface area contributed by atoms with E-state index in [1.54, 1.807) is 18.5 Å². The Balaban J connectivity index is 1.82. The second-order valence-electron chi connectivity index (χ2n) is 7.11. The Hall–Kier alpha value is -2.22. The smallest absolute Gasteiger partial charge is 0.322 e. The van der Waals surface area contributed by atoms with Gasteiger partial charge in [0, 0.05) is 17.9 Å². The van der Waals surface area contributed by atoms with E-state index in [1.165, 1.54) is 0 Å². The summed E-state index contributed by atoms with van der Waals surface area (Å²) in [6.07, 6.45) is 3.46. The maximum absolute atomic E-state index is 12.3. The highest BCUT2D eigenvalue weighted by molar-refractivity contribution is 5.96. The number of carbonyl (C=O) groups is 2. The third-order valence-corrected chi connectivity index (χ3v) is 3.97. The number of piperazine rings is 1. The van der Waals surface area contributed by atoms with Gasteiger partial charge >= 0.3 is 6.03 Å². The summed E-state index contributed by atoms with van der Waals surface area (Å²) in [4.78, 5) is 35.9. The number of aromatic nitrogens is 2. The molecule has 8 heteroatoms. The number of hydrogen-bond acceptors (Lipinski definition) is 5. The van der Waals surface area contributed by atoms with Crippen molar-refractivity contribution in [2.45, 2.75) is 39.3 Å². The molecule has 0 radical (unpaired) electrons. The van der Waals surface area contributed by atoms with Gasteiger partial charge in [-0.15, -0.1) is 0 Å². The number of hydrogen-bond donors (Lipinski definition) is 3. The van der Waals surface area contributed by atoms with E-state index in [0.29, 0.717) is 0 Å². The Morgan fingerprint density at radius 1 is 1.21 bits per heavy atom. The lowest BCUT2D eigenvalue weighted by atomic mass is 10.1. The van der Waals surface area contributed by atoms with Crippen molar-refractivity contribution >= 4 is 17.9 Å². The molecule has 3 amide bonds. The van der Waals surface area contributed by atoms with Crippen LogP contribution < -0.4 is 20.4 Å². The molecule has 132 valence electrons. The Labute approximate surface area is 142 Å². The number of imide groups is 1. The number of carbonyl (C=O) groups excluding carboxylic acids is 2. The van der Waals surface area contributed by atoms with Gasteiger partial charge in [-0.05, 0) is 33.8 Å². The lowest BCUT2D eigenvalue weighted by molar-refractivity contribution is -0.914. The number of urea groups is 1. The van der Waals surface area contributed by atoms with Crippen LogP contribution in [0.25, 0.3) is 0 Å². The van der Waals surface area contributed by atoms with Gasteiger partial charge in [0.25, 0.3) is 5.91 Å². The molecule has 8 nitrogen and oxygen atoms in total. The zero-order valence-electron chi connectivity index (χ0n) is 14.8. The van der Waals surface area contributed by atoms with Gasteiger partial charge in [0.2, 0.25) is 5.95 Å². The van der Waals surface area contributed by atoms with E-state index >= 15 is 0 Å². The standard InChI is InChI=1S/C16H26N6O2/c1-12(13(23)19-15(24)20-16(2,3)4)21-8-10-22(11-9-21)14-17-6-5-7-18-14/h5-7,12H,8-11H2,1-4H3,(H2,19,20,23,24)/p+1/t12-/m0/s1. The minimum absolute atomic E-state index is 0.254. The van der Waals surface area contributed by atoms with E-state index in [-0.39, 0.29) is 17.5 Å². The summed E-state index contributed by atoms with van der Waals surface area (Å²) in [6, 6.07) is 1.06. The first kappa shape index (κ1) is 18.1. The summed E-state index contributed by atoms with van der Waals surface area (Å²) in [5, 5.41) is 5.16. The molecule has 0 spiro atoms. The normalized spacial score (nSPS) is 17.2. The molecule has 0 unspecified atom stereocenters. The topological polar surface area (TPSA) is 91.7 Å². The van der Waals surface area contributed by atoms with Crippen LogP contribution in [0.3, 0.4) is 0 Å². The highest BCUT2D eigenvalue weighted by atomic mass is 16.2. The molecule has 1 fully saturated rings. The maximum atomic E-state index is 12.3. The summed E-state index contributed by atoms with van der Waals surface area (Å²) in [7, 11) is 0. The number of rotatable bonds is 3. The molecule has 1 atom stereocenters. The van der Waals surface area contributed by atoms with Crippen molar-refractivity contribution < 1.29 is 14.5 Å². The van der Waals surface area contributed by atoms with Gasteiger partial charge in [0.05, 0.1) is 26.2 Å². The number of anilines is 1. The van der Waals surface area contributed by atoms with Crippen LogP contribution in [0.15, 0.2) is 18.5 Å². The molecule has 2 rings (SSSR count). The second kappa shape index (κ2) is 7.57. The van der Waals surface area contributed by atoms with Crippen LogP contribution in [-0.4, -0.2) is 59.7 Å². The molecule has 1 aliphatic rings. The lowest BCUT2D eigenvalue weighted by Gasteiger charge is -2.34. The quantitative estimate of drug-likeness (QED) is 0.672. The number of nitrogens with zero attached hydrogens (tertiary/aromatic N) is 3. The molecule has 3 N–H and O–H groups in total. The van der Waals surface area contributed by atoms with Gasteiger partial charge in [0.15, 0.2) is 6.04 Å². The Morgan fingerprint density at radius 2 is 1.79 bits per heavy atom. The molecule has 2 heterocycles. The molecule has 1 aromatic heterocycles. The molecular formula is C16H27N6O2+. The highest BCUT2D eigenvalue weighted by Gasteiger charge is 2.31. The van der Waals surface area contributed by atoms with Gasteiger partial charge < -0.3 is 15.1 Å². The fourth-order valence-corrected chi connectivity index (χ4v) is 2.66. The van der Waals surface area contributed by atoms with Gasteiger partial charge in [-0.3, -0.25) is 10.1 Å². The summed E-state index contributed by atoms with van der Waals surface area (Å²) in [6.45, 7) is 10.6. The minimum atomic E-state index is -0.449. The predicted molar refractivity (Wildman–Crippen MR) is 90.8 cm³/mol. The number of amides is 3. The molecule has 1 aromatic rings. The van der Waals surface area contributed by atoms with Crippen molar-refractivity contribution in [1.82, 2.24) is 20.6 Å². The van der Waals surface area contributed by atoms with E-state index in [9.17, 15) is 9.59 Å². The van der Waals surface area contributed by atoms with Crippen LogP contribution in [0, 0.1) is 0 Å². The molecule has 1 saturated heterocycles. The molecule has 0 aromatic carbocycles. The first-order chi connectivity index (χ1) is 11.3. The maximum Gasteiger partial charge on any atom is 0.322 e. The Morgan fingerprint density at radius 3 is 2.33 bits per heavy atom. The van der Waals surface area contributed by atoms with Crippen molar-refractivity contribution in [1.29, 1.82) is 0 Å². The monoisotopic (exact) mass is 335 g/mol. The van der Waals surface area contributed by atoms with Crippen LogP contribution in [-0.2, 0) is 4.79 Å². The van der Waals surface area contributed by atoms with Crippen molar-refractivity contribution in [3.8, 4) is 0 Å². The van der Waals surface area contributed by atoms with Crippen molar-refractivity contribution in [3.05, 3.63) is 18.5 Å². The van der Waals surface area contributed by atoms with Gasteiger partial charge in [0.1, 0.15) is 0 Å². The molecule has 24 heavy (non-hydrogen) atoms. The first-order valence-corrected chi connectivity index (χ1v) is 8.26. The molecule has 0 aliphatic carbocycles. The van der Waals surface area contributed by atoms with Crippen LogP contribution in [0.5, 0.6) is 0 Å². The van der Waals surface area contributed by atoms with E-state index in [2.05, 4.69) is 25.5 Å². The summed E-state index contributed by atoms with van der Waals surface area (Å²) < 4.78 is 0. The van der Waals surface area contributed by atoms with Gasteiger partial charge in [-0.2, -0.15) is 0 Å². The van der Waals surface area contributed by atoms with E-state index in [0.717, 1.165) is 37.0 Å². The third kappa shape index (κ3) is 5.16. The summed E-state index contributed by atoms with van der Waals surface area (Å²) >= 11 is 0. The number of quaternary nitrogens is 1. The van der Waals surface area contributed by atoms with Crippen LogP contribution in [0.4, 0.5) is 10.7 Å². The van der Waals surface area contributed by atoms with Crippen molar-refractivity contribution in [3.63, 3.8) is 0 Å². The van der Waals surface area contributed by atoms with Crippen LogP contribution >= 0.6 is 0 Å². The second-order valence-corrected chi connectivity index (χ2v) is 7.11. The zero-order valence-corrected chi connectivity index (χ0v) is 14.8. The van der Waals surface area contributed by atoms with E-state index < -0.39 is 6.03 Å². The van der Waals surface area contributed by atoms with Crippen LogP contribution in [0.1, 0.15) is 27.7 Å². The molecule has 0 bridgehead atoms. The lowest BCUT2D eigenvalue weighted by Crippen LogP contribution is -3.19. The summed E-state index contributed by atoms with van der Waals surface area (Å²) in [5.74, 6) is 0.467. The highest BCUT2D eigenvalue weighted by Crippen LogP contribution is 2.04. The van der Waals surface area contributed by atoms with Gasteiger partial charge in [-0.1, -0.05) is 0 Å². The van der Waals surface area contributed by atoms with Crippen LogP contribution in [0.2, 0.25) is 0 Å². The third-order valence-electron chi connectivity index (χ3n) is 3.97. The minimum Gasteiger partial charge on any atom is -0.333 e. The Kier molecular flexibility index (Phi) is 5.71. The molecule has 0 saturated carbocycles. The largest absolute Gasteiger partial charge is 0.333 e. The average molecular weight is 335 g/mol. The predicted octanol–water partition coefficient (Wildman–Crippen LogP) is -0.806. The van der Waals surface area contributed by atoms with E-state index in [1.807, 2.05) is 27.7 Å². The zero-order chi connectivity index (χ0) is 17.7. The number of nitrogens with one attached hydrogen (secondary N) is 3. The SMILES string of the molecule is C[C@@H](C(=O)NC(=O)NC(C)(C)C)[NH+]1CCN(c2ncccn2)CC1. The van der Waals surface area contributed by atoms with E-state index in [4.69, 9.17) is 0 Å². The van der Waals surface area contributed by atoms with Crippen molar-refractivity contribution in [2.24, 2.45) is 0 Å². The average Bonchev–Trinajstić information content (AvgIpc) is 2.53.